The van der Waals surface area contributed by atoms with Gasteiger partial charge in [0.25, 0.3) is 0 Å². The summed E-state index contributed by atoms with van der Waals surface area (Å²) in [5.41, 5.74) is 0. The Morgan fingerprint density at radius 1 is 1.33 bits per heavy atom. The number of carbonyl (C=O) groups excluding carboxylic acids is 2. The molecule has 21 heavy (non-hydrogen) atoms. The Morgan fingerprint density at radius 3 is 2.67 bits per heavy atom. The highest BCUT2D eigenvalue weighted by atomic mass is 32.2. The van der Waals surface area contributed by atoms with E-state index in [1.165, 1.54) is 18.2 Å². The first-order chi connectivity index (χ1) is 10.2. The molecule has 0 aromatic carbocycles. The third kappa shape index (κ3) is 7.23. The van der Waals surface area contributed by atoms with Crippen LogP contribution in [0.2, 0.25) is 0 Å². The van der Waals surface area contributed by atoms with Crippen molar-refractivity contribution in [1.82, 2.24) is 16.0 Å². The molecule has 7 heteroatoms. The molecule has 0 heterocycles. The molecule has 0 spiro atoms. The quantitative estimate of drug-likeness (QED) is 0.619. The van der Waals surface area contributed by atoms with Gasteiger partial charge in [0.15, 0.2) is 0 Å². The van der Waals surface area contributed by atoms with E-state index in [1.807, 2.05) is 12.3 Å². The Bertz CT molecular complexity index is 378. The minimum Gasteiger partial charge on any atom is -0.353 e. The van der Waals surface area contributed by atoms with Crippen molar-refractivity contribution >= 4 is 23.7 Å². The average Bonchev–Trinajstić information content (AvgIpc) is 2.48. The molecular formula is C14H24N4O2S. The lowest BCUT2D eigenvalue weighted by Crippen LogP contribution is -2.53. The summed E-state index contributed by atoms with van der Waals surface area (Å²) in [5.74, 6) is 0.273. The topological polar surface area (TPSA) is 94.0 Å². The molecule has 1 aliphatic carbocycles. The Morgan fingerprint density at radius 2 is 2.05 bits per heavy atom. The molecule has 6 nitrogen and oxygen atoms in total. The lowest BCUT2D eigenvalue weighted by molar-refractivity contribution is -0.122. The van der Waals surface area contributed by atoms with Gasteiger partial charge in [-0.1, -0.05) is 19.3 Å². The number of rotatable bonds is 7. The number of nitrogens with one attached hydrogen (secondary N) is 3. The van der Waals surface area contributed by atoms with Gasteiger partial charge in [-0.3, -0.25) is 4.79 Å². The van der Waals surface area contributed by atoms with Gasteiger partial charge >= 0.3 is 6.03 Å². The van der Waals surface area contributed by atoms with Crippen molar-refractivity contribution in [2.75, 3.05) is 18.6 Å². The van der Waals surface area contributed by atoms with Gasteiger partial charge in [0.05, 0.1) is 12.5 Å². The van der Waals surface area contributed by atoms with Crippen LogP contribution in [0, 0.1) is 11.3 Å². The summed E-state index contributed by atoms with van der Waals surface area (Å²) >= 11 is 1.50. The first kappa shape index (κ1) is 17.6. The average molecular weight is 312 g/mol. The van der Waals surface area contributed by atoms with Crippen molar-refractivity contribution in [1.29, 1.82) is 5.26 Å². The van der Waals surface area contributed by atoms with E-state index >= 15 is 0 Å². The zero-order valence-electron chi connectivity index (χ0n) is 12.5. The standard InChI is InChI=1S/C14H24N4O2S/c1-21-10-12(13(19)16-9-5-8-15)18-14(20)17-11-6-3-2-4-7-11/h11-12H,2-7,9-10H2,1H3,(H,16,19)(H2,17,18,20). The molecule has 1 unspecified atom stereocenters. The van der Waals surface area contributed by atoms with Crippen LogP contribution in [0.15, 0.2) is 0 Å². The van der Waals surface area contributed by atoms with Crippen molar-refractivity contribution in [3.63, 3.8) is 0 Å². The minimum absolute atomic E-state index is 0.218. The van der Waals surface area contributed by atoms with E-state index in [1.54, 1.807) is 0 Å². The molecule has 118 valence electrons. The van der Waals surface area contributed by atoms with Crippen molar-refractivity contribution < 1.29 is 9.59 Å². The Kier molecular flexibility index (Phi) is 8.67. The summed E-state index contributed by atoms with van der Waals surface area (Å²) in [6.45, 7) is 0.312. The van der Waals surface area contributed by atoms with E-state index in [0.29, 0.717) is 12.3 Å². The van der Waals surface area contributed by atoms with E-state index in [9.17, 15) is 9.59 Å². The molecule has 1 saturated carbocycles. The third-order valence-corrected chi connectivity index (χ3v) is 4.10. The fourth-order valence-corrected chi connectivity index (χ4v) is 2.91. The van der Waals surface area contributed by atoms with Gasteiger partial charge in [0, 0.05) is 18.3 Å². The zero-order valence-corrected chi connectivity index (χ0v) is 13.3. The Hall–Kier alpha value is -1.42. The molecule has 0 radical (unpaired) electrons. The van der Waals surface area contributed by atoms with Crippen LogP contribution in [0.4, 0.5) is 4.79 Å². The highest BCUT2D eigenvalue weighted by Gasteiger charge is 2.22. The fraction of sp³-hybridized carbons (Fsp3) is 0.786. The number of hydrogen-bond acceptors (Lipinski definition) is 4. The molecular weight excluding hydrogens is 288 g/mol. The third-order valence-electron chi connectivity index (χ3n) is 3.43. The molecule has 1 atom stereocenters. The maximum absolute atomic E-state index is 12.0. The number of amides is 3. The summed E-state index contributed by atoms with van der Waals surface area (Å²) in [7, 11) is 0. The molecule has 0 saturated heterocycles. The van der Waals surface area contributed by atoms with E-state index in [4.69, 9.17) is 5.26 Å². The number of hydrogen-bond donors (Lipinski definition) is 3. The second-order valence-corrected chi connectivity index (χ2v) is 6.07. The molecule has 0 aliphatic heterocycles. The largest absolute Gasteiger partial charge is 0.353 e. The van der Waals surface area contributed by atoms with Crippen LogP contribution < -0.4 is 16.0 Å². The molecule has 0 aromatic heterocycles. The number of urea groups is 1. The summed E-state index contributed by atoms with van der Waals surface area (Å²) in [5, 5.41) is 16.8. The first-order valence-corrected chi connectivity index (χ1v) is 8.77. The number of thioether (sulfide) groups is 1. The maximum atomic E-state index is 12.0. The second kappa shape index (κ2) is 10.3. The number of nitriles is 1. The van der Waals surface area contributed by atoms with Crippen LogP contribution in [-0.4, -0.2) is 42.6 Å². The Labute approximate surface area is 130 Å². The lowest BCUT2D eigenvalue weighted by atomic mass is 9.96. The van der Waals surface area contributed by atoms with E-state index in [2.05, 4.69) is 16.0 Å². The van der Waals surface area contributed by atoms with E-state index < -0.39 is 6.04 Å². The first-order valence-electron chi connectivity index (χ1n) is 7.38. The van der Waals surface area contributed by atoms with Crippen molar-refractivity contribution in [2.24, 2.45) is 0 Å². The maximum Gasteiger partial charge on any atom is 0.315 e. The molecule has 1 fully saturated rings. The highest BCUT2D eigenvalue weighted by Crippen LogP contribution is 2.17. The van der Waals surface area contributed by atoms with Crippen LogP contribution in [0.25, 0.3) is 0 Å². The predicted molar refractivity (Wildman–Crippen MR) is 84.0 cm³/mol. The zero-order chi connectivity index (χ0) is 15.5. The summed E-state index contributed by atoms with van der Waals surface area (Å²) in [6, 6.07) is 1.34. The van der Waals surface area contributed by atoms with Gasteiger partial charge in [-0.15, -0.1) is 0 Å². The minimum atomic E-state index is -0.567. The normalized spacial score (nSPS) is 16.6. The molecule has 1 aliphatic rings. The van der Waals surface area contributed by atoms with Crippen LogP contribution in [0.3, 0.4) is 0 Å². The van der Waals surface area contributed by atoms with Gasteiger partial charge in [0.2, 0.25) is 5.91 Å². The van der Waals surface area contributed by atoms with E-state index in [0.717, 1.165) is 25.7 Å². The molecule has 0 bridgehead atoms. The smallest absolute Gasteiger partial charge is 0.315 e. The molecule has 3 N–H and O–H groups in total. The summed E-state index contributed by atoms with van der Waals surface area (Å²) in [6.07, 6.45) is 7.70. The summed E-state index contributed by atoms with van der Waals surface area (Å²) < 4.78 is 0. The van der Waals surface area contributed by atoms with Gasteiger partial charge < -0.3 is 16.0 Å². The van der Waals surface area contributed by atoms with Crippen molar-refractivity contribution in [2.45, 2.75) is 50.6 Å². The number of nitrogens with zero attached hydrogens (tertiary/aromatic N) is 1. The lowest BCUT2D eigenvalue weighted by Gasteiger charge is -2.24. The summed E-state index contributed by atoms with van der Waals surface area (Å²) in [4.78, 5) is 23.9. The van der Waals surface area contributed by atoms with Gasteiger partial charge in [-0.05, 0) is 19.1 Å². The van der Waals surface area contributed by atoms with Crippen molar-refractivity contribution in [3.8, 4) is 6.07 Å². The van der Waals surface area contributed by atoms with Crippen molar-refractivity contribution in [3.05, 3.63) is 0 Å². The number of carbonyl (C=O) groups is 2. The van der Waals surface area contributed by atoms with Crippen LogP contribution >= 0.6 is 11.8 Å². The fourth-order valence-electron chi connectivity index (χ4n) is 2.35. The van der Waals surface area contributed by atoms with Crippen LogP contribution in [0.5, 0.6) is 0 Å². The van der Waals surface area contributed by atoms with Crippen LogP contribution in [-0.2, 0) is 4.79 Å². The van der Waals surface area contributed by atoms with Gasteiger partial charge in [-0.2, -0.15) is 17.0 Å². The SMILES string of the molecule is CSCC(NC(=O)NC1CCCCC1)C(=O)NCCC#N. The monoisotopic (exact) mass is 312 g/mol. The van der Waals surface area contributed by atoms with Gasteiger partial charge in [0.1, 0.15) is 6.04 Å². The van der Waals surface area contributed by atoms with Crippen LogP contribution in [0.1, 0.15) is 38.5 Å². The Balaban J connectivity index is 2.38. The highest BCUT2D eigenvalue weighted by molar-refractivity contribution is 7.98. The predicted octanol–water partition coefficient (Wildman–Crippen LogP) is 1.38. The van der Waals surface area contributed by atoms with Gasteiger partial charge in [-0.25, -0.2) is 4.79 Å². The van der Waals surface area contributed by atoms with E-state index in [-0.39, 0.29) is 24.4 Å². The molecule has 0 aromatic rings. The molecule has 1 rings (SSSR count). The molecule has 3 amide bonds. The second-order valence-electron chi connectivity index (χ2n) is 5.16.